The standard InChI is InChI=1S/C28H30N2O/c1-2-18-7-9-22(10-8-18)26-14-24(23-5-3-4-6-25(23)29-26)27(31)30-28-15-19-11-20(16-28)13-21(12-19)17-28/h3-10,14,19-21H,2,11-13,15-17H2,1H3,(H,30,31). The lowest BCUT2D eigenvalue weighted by Gasteiger charge is -2.56. The number of carbonyl (C=O) groups is 1. The van der Waals surface area contributed by atoms with E-state index in [2.05, 4.69) is 36.5 Å². The summed E-state index contributed by atoms with van der Waals surface area (Å²) < 4.78 is 0. The molecule has 31 heavy (non-hydrogen) atoms. The molecule has 0 atom stereocenters. The van der Waals surface area contributed by atoms with Crippen LogP contribution in [0.4, 0.5) is 0 Å². The van der Waals surface area contributed by atoms with Crippen LogP contribution in [0.15, 0.2) is 54.6 Å². The van der Waals surface area contributed by atoms with Gasteiger partial charge in [-0.05, 0) is 80.4 Å². The monoisotopic (exact) mass is 410 g/mol. The van der Waals surface area contributed by atoms with E-state index < -0.39 is 0 Å². The van der Waals surface area contributed by atoms with Gasteiger partial charge in [0.1, 0.15) is 0 Å². The lowest BCUT2D eigenvalue weighted by atomic mass is 9.53. The number of fused-ring (bicyclic) bond motifs is 1. The lowest BCUT2D eigenvalue weighted by Crippen LogP contribution is -2.59. The molecule has 0 saturated heterocycles. The summed E-state index contributed by atoms with van der Waals surface area (Å²) in [5.41, 5.74) is 4.90. The minimum atomic E-state index is 0.0130. The van der Waals surface area contributed by atoms with Crippen LogP contribution in [-0.2, 0) is 6.42 Å². The number of carbonyl (C=O) groups excluding carboxylic acids is 1. The van der Waals surface area contributed by atoms with Gasteiger partial charge in [0.05, 0.1) is 16.8 Å². The second kappa shape index (κ2) is 7.19. The average Bonchev–Trinajstić information content (AvgIpc) is 2.77. The summed E-state index contributed by atoms with van der Waals surface area (Å²) in [6.07, 6.45) is 8.66. The minimum Gasteiger partial charge on any atom is -0.347 e. The Hall–Kier alpha value is -2.68. The Kier molecular flexibility index (Phi) is 4.41. The van der Waals surface area contributed by atoms with Crippen molar-refractivity contribution in [1.29, 1.82) is 0 Å². The summed E-state index contributed by atoms with van der Waals surface area (Å²) in [7, 11) is 0. The van der Waals surface area contributed by atoms with E-state index in [9.17, 15) is 4.79 Å². The van der Waals surface area contributed by atoms with Crippen molar-refractivity contribution in [3.63, 3.8) is 0 Å². The molecule has 3 aromatic rings. The third-order valence-electron chi connectivity index (χ3n) is 8.04. The fraction of sp³-hybridized carbons (Fsp3) is 0.429. The molecule has 2 aromatic carbocycles. The van der Waals surface area contributed by atoms with Crippen molar-refractivity contribution in [2.75, 3.05) is 0 Å². The molecule has 4 fully saturated rings. The number of amides is 1. The summed E-state index contributed by atoms with van der Waals surface area (Å²) in [5, 5.41) is 4.51. The van der Waals surface area contributed by atoms with Gasteiger partial charge in [-0.25, -0.2) is 4.98 Å². The fourth-order valence-electron chi connectivity index (χ4n) is 6.99. The van der Waals surface area contributed by atoms with Crippen molar-refractivity contribution in [2.24, 2.45) is 17.8 Å². The Morgan fingerprint density at radius 2 is 1.61 bits per heavy atom. The van der Waals surface area contributed by atoms with E-state index >= 15 is 0 Å². The predicted molar refractivity (Wildman–Crippen MR) is 125 cm³/mol. The van der Waals surface area contributed by atoms with Gasteiger partial charge in [-0.2, -0.15) is 0 Å². The van der Waals surface area contributed by atoms with Gasteiger partial charge in [-0.3, -0.25) is 4.79 Å². The van der Waals surface area contributed by atoms with Gasteiger partial charge < -0.3 is 5.32 Å². The zero-order chi connectivity index (χ0) is 21.0. The highest BCUT2D eigenvalue weighted by Crippen LogP contribution is 2.55. The zero-order valence-electron chi connectivity index (χ0n) is 18.2. The van der Waals surface area contributed by atoms with Gasteiger partial charge in [0.15, 0.2) is 0 Å². The number of para-hydroxylation sites is 1. The Bertz CT molecular complexity index is 1110. The van der Waals surface area contributed by atoms with Crippen molar-refractivity contribution < 1.29 is 4.79 Å². The van der Waals surface area contributed by atoms with Gasteiger partial charge in [0.2, 0.25) is 0 Å². The molecule has 4 bridgehead atoms. The molecule has 0 radical (unpaired) electrons. The van der Waals surface area contributed by atoms with Crippen LogP contribution in [0.2, 0.25) is 0 Å². The van der Waals surface area contributed by atoms with Crippen LogP contribution in [0, 0.1) is 17.8 Å². The van der Waals surface area contributed by atoms with Crippen LogP contribution >= 0.6 is 0 Å². The maximum absolute atomic E-state index is 13.7. The largest absolute Gasteiger partial charge is 0.347 e. The molecule has 4 aliphatic carbocycles. The highest BCUT2D eigenvalue weighted by atomic mass is 16.1. The van der Waals surface area contributed by atoms with Crippen LogP contribution in [0.25, 0.3) is 22.2 Å². The molecule has 0 aliphatic heterocycles. The molecule has 1 N–H and O–H groups in total. The average molecular weight is 411 g/mol. The second-order valence-electron chi connectivity index (χ2n) is 10.3. The Morgan fingerprint density at radius 1 is 0.968 bits per heavy atom. The minimum absolute atomic E-state index is 0.0130. The van der Waals surface area contributed by atoms with E-state index in [1.54, 1.807) is 0 Å². The highest BCUT2D eigenvalue weighted by molar-refractivity contribution is 6.07. The lowest BCUT2D eigenvalue weighted by molar-refractivity contribution is -0.0166. The fourth-order valence-corrected chi connectivity index (χ4v) is 6.99. The smallest absolute Gasteiger partial charge is 0.252 e. The topological polar surface area (TPSA) is 42.0 Å². The first-order valence-corrected chi connectivity index (χ1v) is 11.9. The molecule has 0 unspecified atom stereocenters. The number of hydrogen-bond acceptors (Lipinski definition) is 2. The van der Waals surface area contributed by atoms with E-state index in [4.69, 9.17) is 4.98 Å². The highest BCUT2D eigenvalue weighted by Gasteiger charge is 2.51. The maximum atomic E-state index is 13.7. The van der Waals surface area contributed by atoms with E-state index in [0.29, 0.717) is 0 Å². The summed E-state index contributed by atoms with van der Waals surface area (Å²) >= 11 is 0. The van der Waals surface area contributed by atoms with E-state index in [1.807, 2.05) is 30.3 Å². The number of aryl methyl sites for hydroxylation is 1. The summed E-state index contributed by atoms with van der Waals surface area (Å²) in [6, 6.07) is 18.6. The van der Waals surface area contributed by atoms with Gasteiger partial charge >= 0.3 is 0 Å². The van der Waals surface area contributed by atoms with Crippen LogP contribution in [0.1, 0.15) is 61.4 Å². The molecular formula is C28H30N2O. The van der Waals surface area contributed by atoms with Crippen molar-refractivity contribution in [3.8, 4) is 11.3 Å². The van der Waals surface area contributed by atoms with E-state index in [1.165, 1.54) is 44.1 Å². The van der Waals surface area contributed by atoms with Crippen LogP contribution in [-0.4, -0.2) is 16.4 Å². The molecule has 1 heterocycles. The van der Waals surface area contributed by atoms with Crippen molar-refractivity contribution in [2.45, 2.75) is 57.4 Å². The molecule has 3 nitrogen and oxygen atoms in total. The number of benzene rings is 2. The number of aromatic nitrogens is 1. The number of nitrogens with zero attached hydrogens (tertiary/aromatic N) is 1. The SMILES string of the molecule is CCc1ccc(-c2cc(C(=O)NC34CC5CC(CC(C5)C3)C4)c3ccccc3n2)cc1. The Labute approximate surface area is 184 Å². The Balaban J connectivity index is 1.38. The number of hydrogen-bond donors (Lipinski definition) is 1. The molecular weight excluding hydrogens is 380 g/mol. The first-order chi connectivity index (χ1) is 15.1. The number of pyridine rings is 1. The van der Waals surface area contributed by atoms with Gasteiger partial charge in [-0.1, -0.05) is 49.4 Å². The third-order valence-corrected chi connectivity index (χ3v) is 8.04. The number of rotatable bonds is 4. The molecule has 0 spiro atoms. The van der Waals surface area contributed by atoms with Gasteiger partial charge in [-0.15, -0.1) is 0 Å². The van der Waals surface area contributed by atoms with E-state index in [0.717, 1.165) is 51.9 Å². The molecule has 158 valence electrons. The van der Waals surface area contributed by atoms with Crippen LogP contribution in [0.5, 0.6) is 0 Å². The predicted octanol–water partition coefficient (Wildman–Crippen LogP) is 6.16. The summed E-state index contributed by atoms with van der Waals surface area (Å²) in [4.78, 5) is 18.6. The van der Waals surface area contributed by atoms with E-state index in [-0.39, 0.29) is 11.4 Å². The van der Waals surface area contributed by atoms with Crippen molar-refractivity contribution >= 4 is 16.8 Å². The van der Waals surface area contributed by atoms with Crippen LogP contribution < -0.4 is 5.32 Å². The Morgan fingerprint density at radius 3 is 2.26 bits per heavy atom. The summed E-state index contributed by atoms with van der Waals surface area (Å²) in [5.74, 6) is 2.52. The first-order valence-electron chi connectivity index (χ1n) is 11.9. The van der Waals surface area contributed by atoms with Crippen LogP contribution in [0.3, 0.4) is 0 Å². The molecule has 1 amide bonds. The zero-order valence-corrected chi connectivity index (χ0v) is 18.2. The first kappa shape index (κ1) is 19.0. The molecule has 3 heteroatoms. The third kappa shape index (κ3) is 3.35. The quantitative estimate of drug-likeness (QED) is 0.559. The second-order valence-corrected chi connectivity index (χ2v) is 10.3. The van der Waals surface area contributed by atoms with Crippen molar-refractivity contribution in [3.05, 3.63) is 65.7 Å². The van der Waals surface area contributed by atoms with Gasteiger partial charge in [0, 0.05) is 16.5 Å². The maximum Gasteiger partial charge on any atom is 0.252 e. The molecule has 1 aromatic heterocycles. The normalized spacial score (nSPS) is 28.7. The molecule has 4 saturated carbocycles. The molecule has 4 aliphatic rings. The summed E-state index contributed by atoms with van der Waals surface area (Å²) in [6.45, 7) is 2.16. The molecule has 7 rings (SSSR count). The number of nitrogens with one attached hydrogen (secondary N) is 1. The van der Waals surface area contributed by atoms with Gasteiger partial charge in [0.25, 0.3) is 5.91 Å². The van der Waals surface area contributed by atoms with Crippen molar-refractivity contribution in [1.82, 2.24) is 10.3 Å².